The summed E-state index contributed by atoms with van der Waals surface area (Å²) in [6.07, 6.45) is 66.0. The lowest BCUT2D eigenvalue weighted by Gasteiger charge is -2.18. The van der Waals surface area contributed by atoms with Crippen molar-refractivity contribution < 1.29 is 28.6 Å². The van der Waals surface area contributed by atoms with Gasteiger partial charge in [-0.1, -0.05) is 263 Å². The van der Waals surface area contributed by atoms with Crippen molar-refractivity contribution in [2.75, 3.05) is 13.2 Å². The minimum absolute atomic E-state index is 0.0702. The van der Waals surface area contributed by atoms with E-state index in [1.807, 2.05) is 0 Å². The number of hydrogen-bond acceptors (Lipinski definition) is 6. The zero-order valence-corrected chi connectivity index (χ0v) is 45.2. The molecule has 0 rings (SSSR count). The summed E-state index contributed by atoms with van der Waals surface area (Å²) < 4.78 is 16.9. The summed E-state index contributed by atoms with van der Waals surface area (Å²) in [4.78, 5) is 38.1. The van der Waals surface area contributed by atoms with Gasteiger partial charge in [0, 0.05) is 19.3 Å². The van der Waals surface area contributed by atoms with Gasteiger partial charge in [-0.25, -0.2) is 0 Å². The van der Waals surface area contributed by atoms with Gasteiger partial charge >= 0.3 is 17.9 Å². The molecule has 0 saturated carbocycles. The Morgan fingerprint density at radius 1 is 0.284 bits per heavy atom. The molecule has 0 aromatic carbocycles. The Bertz CT molecular complexity index is 1080. The van der Waals surface area contributed by atoms with Crippen LogP contribution in [0.15, 0.2) is 24.3 Å². The van der Waals surface area contributed by atoms with E-state index in [1.54, 1.807) is 0 Å². The lowest BCUT2D eigenvalue weighted by molar-refractivity contribution is -0.167. The second-order valence-corrected chi connectivity index (χ2v) is 20.3. The van der Waals surface area contributed by atoms with E-state index in [-0.39, 0.29) is 31.1 Å². The average Bonchev–Trinajstić information content (AvgIpc) is 3.33. The van der Waals surface area contributed by atoms with Gasteiger partial charge < -0.3 is 14.2 Å². The number of hydrogen-bond donors (Lipinski definition) is 0. The maximum Gasteiger partial charge on any atom is 0.306 e. The molecule has 67 heavy (non-hydrogen) atoms. The molecule has 0 bridgehead atoms. The lowest BCUT2D eigenvalue weighted by atomic mass is 10.0. The molecule has 0 aliphatic carbocycles. The first-order valence-electron chi connectivity index (χ1n) is 29.8. The van der Waals surface area contributed by atoms with Crippen LogP contribution >= 0.6 is 0 Å². The van der Waals surface area contributed by atoms with Crippen molar-refractivity contribution in [1.82, 2.24) is 0 Å². The highest BCUT2D eigenvalue weighted by atomic mass is 16.6. The predicted octanol–water partition coefficient (Wildman–Crippen LogP) is 19.9. The normalized spacial score (nSPS) is 12.1. The molecule has 0 aromatic rings. The Balaban J connectivity index is 4.23. The molecule has 0 amide bonds. The molecule has 0 aliphatic heterocycles. The quantitative estimate of drug-likeness (QED) is 0.0262. The molecule has 0 saturated heterocycles. The Labute approximate surface area is 417 Å². The highest BCUT2D eigenvalue weighted by Gasteiger charge is 2.19. The molecule has 394 valence electrons. The van der Waals surface area contributed by atoms with E-state index in [1.165, 1.54) is 225 Å². The van der Waals surface area contributed by atoms with Crippen molar-refractivity contribution in [3.8, 4) is 0 Å². The van der Waals surface area contributed by atoms with E-state index < -0.39 is 6.10 Å². The largest absolute Gasteiger partial charge is 0.462 e. The second-order valence-electron chi connectivity index (χ2n) is 20.3. The van der Waals surface area contributed by atoms with Gasteiger partial charge in [-0.3, -0.25) is 14.4 Å². The number of unbranched alkanes of at least 4 members (excludes halogenated alkanes) is 40. The first-order chi connectivity index (χ1) is 33.0. The molecular weight excluding hydrogens is 829 g/mol. The lowest BCUT2D eigenvalue weighted by Crippen LogP contribution is -2.30. The molecule has 0 fully saturated rings. The number of carbonyl (C=O) groups excluding carboxylic acids is 3. The van der Waals surface area contributed by atoms with E-state index in [0.717, 1.165) is 64.2 Å². The second kappa shape index (κ2) is 56.5. The van der Waals surface area contributed by atoms with Gasteiger partial charge in [-0.05, 0) is 70.6 Å². The van der Waals surface area contributed by atoms with Crippen molar-refractivity contribution in [1.29, 1.82) is 0 Å². The smallest absolute Gasteiger partial charge is 0.306 e. The van der Waals surface area contributed by atoms with Crippen molar-refractivity contribution in [2.24, 2.45) is 0 Å². The molecule has 1 unspecified atom stereocenters. The third-order valence-electron chi connectivity index (χ3n) is 13.4. The molecule has 0 heterocycles. The summed E-state index contributed by atoms with van der Waals surface area (Å²) in [6.45, 7) is 6.66. The van der Waals surface area contributed by atoms with Crippen LogP contribution in [0.5, 0.6) is 0 Å². The number of esters is 3. The first-order valence-corrected chi connectivity index (χ1v) is 29.8. The van der Waals surface area contributed by atoms with Crippen molar-refractivity contribution >= 4 is 17.9 Å². The van der Waals surface area contributed by atoms with Crippen molar-refractivity contribution in [3.63, 3.8) is 0 Å². The van der Waals surface area contributed by atoms with Gasteiger partial charge in [0.15, 0.2) is 6.10 Å². The standard InChI is InChI=1S/C61H114O6/c1-4-7-10-13-16-19-22-25-26-27-28-29-30-31-32-33-34-37-39-42-45-48-51-54-60(63)66-57-58(67-61(64)55-52-49-46-43-40-36-24-21-18-15-12-9-6-3)56-65-59(62)53-50-47-44-41-38-35-23-20-17-14-11-8-5-2/h21,24,27-28,58H,4-20,22-23,25-26,29-57H2,1-3H3/b24-21-,28-27-. The maximum absolute atomic E-state index is 12.8. The summed E-state index contributed by atoms with van der Waals surface area (Å²) in [5.74, 6) is -0.860. The van der Waals surface area contributed by atoms with Gasteiger partial charge in [0.05, 0.1) is 0 Å². The van der Waals surface area contributed by atoms with Crippen molar-refractivity contribution in [2.45, 2.75) is 335 Å². The first kappa shape index (κ1) is 64.9. The summed E-state index contributed by atoms with van der Waals surface area (Å²) in [5, 5.41) is 0. The summed E-state index contributed by atoms with van der Waals surface area (Å²) in [6, 6.07) is 0. The fourth-order valence-electron chi connectivity index (χ4n) is 8.91. The molecule has 0 aliphatic rings. The van der Waals surface area contributed by atoms with E-state index in [9.17, 15) is 14.4 Å². The molecule has 0 aromatic heterocycles. The minimum atomic E-state index is -0.771. The van der Waals surface area contributed by atoms with Gasteiger partial charge in [0.1, 0.15) is 13.2 Å². The van der Waals surface area contributed by atoms with E-state index >= 15 is 0 Å². The van der Waals surface area contributed by atoms with Gasteiger partial charge in [-0.2, -0.15) is 0 Å². The van der Waals surface area contributed by atoms with Crippen LogP contribution < -0.4 is 0 Å². The van der Waals surface area contributed by atoms with E-state index in [2.05, 4.69) is 45.1 Å². The fraction of sp³-hybridized carbons (Fsp3) is 0.885. The monoisotopic (exact) mass is 943 g/mol. The number of allylic oxidation sites excluding steroid dienone is 4. The van der Waals surface area contributed by atoms with E-state index in [4.69, 9.17) is 14.2 Å². The molecule has 0 N–H and O–H groups in total. The highest BCUT2D eigenvalue weighted by molar-refractivity contribution is 5.71. The van der Waals surface area contributed by atoms with Gasteiger partial charge in [0.25, 0.3) is 0 Å². The Morgan fingerprint density at radius 2 is 0.493 bits per heavy atom. The Kier molecular flexibility index (Phi) is 54.7. The van der Waals surface area contributed by atoms with Crippen LogP contribution in [0.3, 0.4) is 0 Å². The third-order valence-corrected chi connectivity index (χ3v) is 13.4. The number of ether oxygens (including phenoxy) is 3. The van der Waals surface area contributed by atoms with Crippen LogP contribution in [0.4, 0.5) is 0 Å². The van der Waals surface area contributed by atoms with Crippen LogP contribution in [0.25, 0.3) is 0 Å². The van der Waals surface area contributed by atoms with Crippen molar-refractivity contribution in [3.05, 3.63) is 24.3 Å². The summed E-state index contributed by atoms with van der Waals surface area (Å²) in [5.41, 5.74) is 0. The maximum atomic E-state index is 12.8. The number of rotatable bonds is 55. The van der Waals surface area contributed by atoms with Gasteiger partial charge in [0.2, 0.25) is 0 Å². The van der Waals surface area contributed by atoms with Crippen LogP contribution in [-0.4, -0.2) is 37.2 Å². The molecular formula is C61H114O6. The number of carbonyl (C=O) groups is 3. The molecule has 1 atom stereocenters. The summed E-state index contributed by atoms with van der Waals surface area (Å²) in [7, 11) is 0. The topological polar surface area (TPSA) is 78.9 Å². The Morgan fingerprint density at radius 3 is 0.761 bits per heavy atom. The predicted molar refractivity (Wildman–Crippen MR) is 289 cm³/mol. The molecule has 6 nitrogen and oxygen atoms in total. The van der Waals surface area contributed by atoms with Crippen LogP contribution in [0.2, 0.25) is 0 Å². The molecule has 6 heteroatoms. The van der Waals surface area contributed by atoms with Gasteiger partial charge in [-0.15, -0.1) is 0 Å². The highest BCUT2D eigenvalue weighted by Crippen LogP contribution is 2.17. The van der Waals surface area contributed by atoms with Crippen LogP contribution in [0, 0.1) is 0 Å². The zero-order valence-electron chi connectivity index (χ0n) is 45.2. The minimum Gasteiger partial charge on any atom is -0.462 e. The van der Waals surface area contributed by atoms with Crippen LogP contribution in [-0.2, 0) is 28.6 Å². The zero-order chi connectivity index (χ0) is 48.6. The summed E-state index contributed by atoms with van der Waals surface area (Å²) >= 11 is 0. The molecule has 0 radical (unpaired) electrons. The third kappa shape index (κ3) is 54.7. The fourth-order valence-corrected chi connectivity index (χ4v) is 8.91. The SMILES string of the molecule is CCCCCC/C=C\CCCCCCCC(=O)OC(COC(=O)CCCCCCCCCCCCC/C=C\CCCCCCCCCC)COC(=O)CCCCCCCCCCCCCCC. The average molecular weight is 944 g/mol. The Hall–Kier alpha value is -2.11. The molecule has 0 spiro atoms. The van der Waals surface area contributed by atoms with Crippen LogP contribution in [0.1, 0.15) is 329 Å². The van der Waals surface area contributed by atoms with E-state index in [0.29, 0.717) is 19.3 Å².